The van der Waals surface area contributed by atoms with Gasteiger partial charge in [-0.3, -0.25) is 9.69 Å². The molecule has 1 heterocycles. The molecular weight excluding hydrogens is 328 g/mol. The van der Waals surface area contributed by atoms with Crippen LogP contribution in [0.3, 0.4) is 0 Å². The fourth-order valence-corrected chi connectivity index (χ4v) is 3.11. The first-order valence-corrected chi connectivity index (χ1v) is 9.11. The van der Waals surface area contributed by atoms with E-state index in [2.05, 4.69) is 34.5 Å². The Morgan fingerprint density at radius 1 is 1.04 bits per heavy atom. The molecule has 1 fully saturated rings. The van der Waals surface area contributed by atoms with Gasteiger partial charge in [0, 0.05) is 25.7 Å². The number of hydrogen-bond donors (Lipinski definition) is 1. The highest BCUT2D eigenvalue weighted by molar-refractivity contribution is 5.77. The van der Waals surface area contributed by atoms with Gasteiger partial charge in [0.15, 0.2) is 6.61 Å². The van der Waals surface area contributed by atoms with Crippen LogP contribution < -0.4 is 10.1 Å². The van der Waals surface area contributed by atoms with Gasteiger partial charge >= 0.3 is 0 Å². The van der Waals surface area contributed by atoms with Crippen molar-refractivity contribution in [1.29, 1.82) is 0 Å². The lowest BCUT2D eigenvalue weighted by Crippen LogP contribution is -2.50. The molecule has 1 saturated heterocycles. The van der Waals surface area contributed by atoms with Gasteiger partial charge in [-0.05, 0) is 24.1 Å². The maximum Gasteiger partial charge on any atom is 0.257 e. The second-order valence-corrected chi connectivity index (χ2v) is 6.40. The summed E-state index contributed by atoms with van der Waals surface area (Å²) in [4.78, 5) is 14.6. The van der Waals surface area contributed by atoms with Crippen LogP contribution in [0.25, 0.3) is 0 Å². The number of carbonyl (C=O) groups is 1. The van der Waals surface area contributed by atoms with Crippen molar-refractivity contribution in [3.8, 4) is 5.75 Å². The molecule has 3 rings (SSSR count). The van der Waals surface area contributed by atoms with Crippen LogP contribution in [-0.2, 0) is 16.0 Å². The first-order chi connectivity index (χ1) is 12.8. The monoisotopic (exact) mass is 354 g/mol. The Morgan fingerprint density at radius 2 is 1.69 bits per heavy atom. The molecule has 1 aliphatic rings. The van der Waals surface area contributed by atoms with Crippen LogP contribution in [0.5, 0.6) is 5.75 Å². The molecule has 1 aliphatic heterocycles. The van der Waals surface area contributed by atoms with E-state index in [1.165, 1.54) is 5.56 Å². The third-order valence-corrected chi connectivity index (χ3v) is 4.52. The number of nitrogens with zero attached hydrogens (tertiary/aromatic N) is 1. The highest BCUT2D eigenvalue weighted by Crippen LogP contribution is 2.11. The van der Waals surface area contributed by atoms with Crippen molar-refractivity contribution in [1.82, 2.24) is 10.2 Å². The van der Waals surface area contributed by atoms with E-state index in [1.54, 1.807) is 0 Å². The number of hydrogen-bond acceptors (Lipinski definition) is 4. The van der Waals surface area contributed by atoms with E-state index in [4.69, 9.17) is 9.47 Å². The molecule has 138 valence electrons. The SMILES string of the molecule is O=C(COc1ccccc1)NCC(Cc1ccccc1)N1CCOCC1. The number of carbonyl (C=O) groups excluding carboxylic acids is 1. The maximum atomic E-state index is 12.2. The lowest BCUT2D eigenvalue weighted by atomic mass is 10.0. The first kappa shape index (κ1) is 18.4. The molecular formula is C21H26N2O3. The largest absolute Gasteiger partial charge is 0.484 e. The summed E-state index contributed by atoms with van der Waals surface area (Å²) in [5.41, 5.74) is 1.28. The van der Waals surface area contributed by atoms with Gasteiger partial charge in [0.05, 0.1) is 13.2 Å². The molecule has 1 N–H and O–H groups in total. The van der Waals surface area contributed by atoms with Gasteiger partial charge in [0.2, 0.25) is 0 Å². The van der Waals surface area contributed by atoms with Crippen molar-refractivity contribution < 1.29 is 14.3 Å². The summed E-state index contributed by atoms with van der Waals surface area (Å²) in [7, 11) is 0. The van der Waals surface area contributed by atoms with Crippen LogP contribution in [0.15, 0.2) is 60.7 Å². The van der Waals surface area contributed by atoms with E-state index < -0.39 is 0 Å². The van der Waals surface area contributed by atoms with Crippen molar-refractivity contribution in [3.63, 3.8) is 0 Å². The zero-order chi connectivity index (χ0) is 18.0. The Morgan fingerprint density at radius 3 is 2.38 bits per heavy atom. The van der Waals surface area contributed by atoms with Crippen molar-refractivity contribution in [2.24, 2.45) is 0 Å². The number of para-hydroxylation sites is 1. The number of morpholine rings is 1. The van der Waals surface area contributed by atoms with E-state index in [9.17, 15) is 4.79 Å². The number of nitrogens with one attached hydrogen (secondary N) is 1. The minimum atomic E-state index is -0.0971. The molecule has 0 radical (unpaired) electrons. The Bertz CT molecular complexity index is 657. The number of amides is 1. The Hall–Kier alpha value is -2.37. The van der Waals surface area contributed by atoms with Gasteiger partial charge in [-0.25, -0.2) is 0 Å². The van der Waals surface area contributed by atoms with Gasteiger partial charge in [-0.15, -0.1) is 0 Å². The summed E-state index contributed by atoms with van der Waals surface area (Å²) in [5, 5.41) is 3.02. The summed E-state index contributed by atoms with van der Waals surface area (Å²) in [5.74, 6) is 0.608. The van der Waals surface area contributed by atoms with Crippen LogP contribution in [0.2, 0.25) is 0 Å². The molecule has 5 nitrogen and oxygen atoms in total. The lowest BCUT2D eigenvalue weighted by Gasteiger charge is -2.34. The van der Waals surface area contributed by atoms with Crippen molar-refractivity contribution in [3.05, 3.63) is 66.2 Å². The molecule has 26 heavy (non-hydrogen) atoms. The smallest absolute Gasteiger partial charge is 0.257 e. The maximum absolute atomic E-state index is 12.2. The molecule has 2 aromatic carbocycles. The van der Waals surface area contributed by atoms with E-state index in [-0.39, 0.29) is 18.6 Å². The minimum absolute atomic E-state index is 0.0329. The summed E-state index contributed by atoms with van der Waals surface area (Å²) < 4.78 is 11.0. The van der Waals surface area contributed by atoms with Gasteiger partial charge in [-0.1, -0.05) is 48.5 Å². The third-order valence-electron chi connectivity index (χ3n) is 4.52. The Kier molecular flexibility index (Phi) is 7.05. The van der Waals surface area contributed by atoms with Crippen LogP contribution >= 0.6 is 0 Å². The lowest BCUT2D eigenvalue weighted by molar-refractivity contribution is -0.123. The highest BCUT2D eigenvalue weighted by atomic mass is 16.5. The average molecular weight is 354 g/mol. The molecule has 2 aromatic rings. The minimum Gasteiger partial charge on any atom is -0.484 e. The van der Waals surface area contributed by atoms with Crippen LogP contribution in [-0.4, -0.2) is 56.3 Å². The molecule has 1 atom stereocenters. The number of ether oxygens (including phenoxy) is 2. The Balaban J connectivity index is 1.52. The molecule has 0 bridgehead atoms. The fourth-order valence-electron chi connectivity index (χ4n) is 3.11. The normalized spacial score (nSPS) is 16.0. The zero-order valence-corrected chi connectivity index (χ0v) is 15.0. The molecule has 0 spiro atoms. The van der Waals surface area contributed by atoms with Gasteiger partial charge in [-0.2, -0.15) is 0 Å². The number of benzene rings is 2. The molecule has 0 saturated carbocycles. The standard InChI is InChI=1S/C21H26N2O3/c24-21(17-26-20-9-5-2-6-10-20)22-16-19(23-11-13-25-14-12-23)15-18-7-3-1-4-8-18/h1-10,19H,11-17H2,(H,22,24). The third kappa shape index (κ3) is 5.86. The van der Waals surface area contributed by atoms with Crippen molar-refractivity contribution >= 4 is 5.91 Å². The summed E-state index contributed by atoms with van der Waals surface area (Å²) in [6.07, 6.45) is 0.903. The Labute approximate surface area is 154 Å². The van der Waals surface area contributed by atoms with E-state index in [1.807, 2.05) is 36.4 Å². The van der Waals surface area contributed by atoms with E-state index in [0.29, 0.717) is 12.3 Å². The van der Waals surface area contributed by atoms with Crippen molar-refractivity contribution in [2.45, 2.75) is 12.5 Å². The zero-order valence-electron chi connectivity index (χ0n) is 15.0. The van der Waals surface area contributed by atoms with Crippen LogP contribution in [0.4, 0.5) is 0 Å². The second kappa shape index (κ2) is 9.94. The van der Waals surface area contributed by atoms with E-state index >= 15 is 0 Å². The molecule has 1 unspecified atom stereocenters. The van der Waals surface area contributed by atoms with Crippen LogP contribution in [0, 0.1) is 0 Å². The summed E-state index contributed by atoms with van der Waals surface area (Å²) in [6, 6.07) is 20.0. The first-order valence-electron chi connectivity index (χ1n) is 9.11. The molecule has 0 aromatic heterocycles. The van der Waals surface area contributed by atoms with Crippen LogP contribution in [0.1, 0.15) is 5.56 Å². The van der Waals surface area contributed by atoms with Gasteiger partial charge in [0.1, 0.15) is 5.75 Å². The van der Waals surface area contributed by atoms with Gasteiger partial charge in [0.25, 0.3) is 5.91 Å². The van der Waals surface area contributed by atoms with Gasteiger partial charge < -0.3 is 14.8 Å². The highest BCUT2D eigenvalue weighted by Gasteiger charge is 2.22. The number of rotatable bonds is 8. The summed E-state index contributed by atoms with van der Waals surface area (Å²) >= 11 is 0. The topological polar surface area (TPSA) is 50.8 Å². The molecule has 0 aliphatic carbocycles. The average Bonchev–Trinajstić information content (AvgIpc) is 2.72. The molecule has 1 amide bonds. The van der Waals surface area contributed by atoms with E-state index in [0.717, 1.165) is 32.7 Å². The predicted octanol–water partition coefficient (Wildman–Crippen LogP) is 2.13. The quantitative estimate of drug-likeness (QED) is 0.789. The predicted molar refractivity (Wildman–Crippen MR) is 101 cm³/mol. The molecule has 5 heteroatoms. The second-order valence-electron chi connectivity index (χ2n) is 6.40. The summed E-state index contributed by atoms with van der Waals surface area (Å²) in [6.45, 7) is 3.92. The fraction of sp³-hybridized carbons (Fsp3) is 0.381. The van der Waals surface area contributed by atoms with Crippen molar-refractivity contribution in [2.75, 3.05) is 39.5 Å².